The fourth-order valence-corrected chi connectivity index (χ4v) is 2.74. The molecule has 1 aliphatic rings. The molecule has 1 atom stereocenters. The van der Waals surface area contributed by atoms with Crippen molar-refractivity contribution in [2.24, 2.45) is 0 Å². The lowest BCUT2D eigenvalue weighted by Crippen LogP contribution is -2.42. The van der Waals surface area contributed by atoms with Crippen LogP contribution in [0, 0.1) is 0 Å². The highest BCUT2D eigenvalue weighted by Crippen LogP contribution is 2.36. The van der Waals surface area contributed by atoms with E-state index in [1.54, 1.807) is 52.1 Å². The van der Waals surface area contributed by atoms with Gasteiger partial charge in [-0.25, -0.2) is 4.79 Å². The highest BCUT2D eigenvalue weighted by molar-refractivity contribution is 5.84. The summed E-state index contributed by atoms with van der Waals surface area (Å²) in [4.78, 5) is 25.6. The number of carbonyl (C=O) groups excluding carboxylic acids is 1. The number of carbonyl (C=O) groups is 2. The van der Waals surface area contributed by atoms with Gasteiger partial charge in [0.1, 0.15) is 16.8 Å². The van der Waals surface area contributed by atoms with Crippen molar-refractivity contribution in [3.05, 3.63) is 29.8 Å². The van der Waals surface area contributed by atoms with Crippen molar-refractivity contribution in [3.63, 3.8) is 0 Å². The smallest absolute Gasteiger partial charge is 0.410 e. The van der Waals surface area contributed by atoms with E-state index in [-0.39, 0.29) is 6.54 Å². The van der Waals surface area contributed by atoms with E-state index in [0.29, 0.717) is 24.3 Å². The van der Waals surface area contributed by atoms with Gasteiger partial charge >= 0.3 is 12.1 Å². The third-order valence-corrected chi connectivity index (χ3v) is 3.97. The summed E-state index contributed by atoms with van der Waals surface area (Å²) < 4.78 is 10.4. The van der Waals surface area contributed by atoms with Crippen molar-refractivity contribution in [3.8, 4) is 5.75 Å². The van der Waals surface area contributed by atoms with Crippen molar-refractivity contribution in [2.75, 3.05) is 20.2 Å². The van der Waals surface area contributed by atoms with Gasteiger partial charge in [-0.3, -0.25) is 4.79 Å². The Balaban J connectivity index is 2.23. The SMILES string of the molecule is COc1ccc(C2(C(=O)O)CCN(C(=O)OC(C)(C)C)C2)cc1. The molecule has 0 radical (unpaired) electrons. The molecule has 1 fully saturated rings. The van der Waals surface area contributed by atoms with Crippen LogP contribution in [0.25, 0.3) is 0 Å². The zero-order valence-electron chi connectivity index (χ0n) is 14.0. The topological polar surface area (TPSA) is 76.1 Å². The monoisotopic (exact) mass is 321 g/mol. The first-order chi connectivity index (χ1) is 10.7. The first kappa shape index (κ1) is 17.1. The molecule has 1 saturated heterocycles. The van der Waals surface area contributed by atoms with Crippen molar-refractivity contribution >= 4 is 12.1 Å². The van der Waals surface area contributed by atoms with Gasteiger partial charge in [-0.05, 0) is 44.9 Å². The molecule has 0 bridgehead atoms. The third-order valence-electron chi connectivity index (χ3n) is 3.97. The molecule has 2 rings (SSSR count). The number of amides is 1. The lowest BCUT2D eigenvalue weighted by molar-refractivity contribution is -0.143. The van der Waals surface area contributed by atoms with Crippen LogP contribution in [0.5, 0.6) is 5.75 Å². The Kier molecular flexibility index (Phi) is 4.54. The number of carboxylic acid groups (broad SMARTS) is 1. The summed E-state index contributed by atoms with van der Waals surface area (Å²) in [6.45, 7) is 5.81. The van der Waals surface area contributed by atoms with Crippen LogP contribution in [0.1, 0.15) is 32.8 Å². The van der Waals surface area contributed by atoms with Gasteiger partial charge in [0.2, 0.25) is 0 Å². The minimum atomic E-state index is -1.11. The normalized spacial score (nSPS) is 21.1. The summed E-state index contributed by atoms with van der Waals surface area (Å²) >= 11 is 0. The van der Waals surface area contributed by atoms with E-state index in [4.69, 9.17) is 9.47 Å². The largest absolute Gasteiger partial charge is 0.497 e. The first-order valence-corrected chi connectivity index (χ1v) is 7.54. The first-order valence-electron chi connectivity index (χ1n) is 7.54. The molecule has 1 heterocycles. The molecule has 1 aromatic carbocycles. The van der Waals surface area contributed by atoms with Gasteiger partial charge in [0.25, 0.3) is 0 Å². The molecular weight excluding hydrogens is 298 g/mol. The summed E-state index contributed by atoms with van der Waals surface area (Å²) in [5.74, 6) is -0.273. The second-order valence-electron chi connectivity index (χ2n) is 6.77. The Morgan fingerprint density at radius 2 is 1.83 bits per heavy atom. The van der Waals surface area contributed by atoms with E-state index < -0.39 is 23.1 Å². The quantitative estimate of drug-likeness (QED) is 0.926. The molecule has 1 aromatic rings. The highest BCUT2D eigenvalue weighted by Gasteiger charge is 2.48. The molecular formula is C17H23NO5. The summed E-state index contributed by atoms with van der Waals surface area (Å²) in [5, 5.41) is 9.77. The predicted octanol–water partition coefficient (Wildman–Crippen LogP) is 2.66. The lowest BCUT2D eigenvalue weighted by atomic mass is 9.80. The zero-order chi connectivity index (χ0) is 17.3. The van der Waals surface area contributed by atoms with E-state index in [1.807, 2.05) is 0 Å². The van der Waals surface area contributed by atoms with Gasteiger partial charge < -0.3 is 19.5 Å². The van der Waals surface area contributed by atoms with Gasteiger partial charge in [-0.1, -0.05) is 12.1 Å². The van der Waals surface area contributed by atoms with E-state index in [9.17, 15) is 14.7 Å². The predicted molar refractivity (Wildman–Crippen MR) is 84.7 cm³/mol. The number of benzene rings is 1. The molecule has 23 heavy (non-hydrogen) atoms. The van der Waals surface area contributed by atoms with Crippen molar-refractivity contribution in [1.82, 2.24) is 4.90 Å². The number of aliphatic carboxylic acids is 1. The minimum absolute atomic E-state index is 0.101. The van der Waals surface area contributed by atoms with E-state index >= 15 is 0 Å². The summed E-state index contributed by atoms with van der Waals surface area (Å²) in [6, 6.07) is 6.95. The Morgan fingerprint density at radius 3 is 2.30 bits per heavy atom. The maximum atomic E-state index is 12.2. The van der Waals surface area contributed by atoms with Crippen LogP contribution in [-0.4, -0.2) is 47.9 Å². The molecule has 6 heteroatoms. The molecule has 0 saturated carbocycles. The average Bonchev–Trinajstić information content (AvgIpc) is 2.92. The standard InChI is InChI=1S/C17H23NO5/c1-16(2,3)23-15(21)18-10-9-17(11-18,14(19)20)12-5-7-13(22-4)8-6-12/h5-8H,9-11H2,1-4H3,(H,19,20). The van der Waals surface area contributed by atoms with Gasteiger partial charge in [-0.15, -0.1) is 0 Å². The van der Waals surface area contributed by atoms with Gasteiger partial charge in [0.05, 0.1) is 7.11 Å². The molecule has 0 aromatic heterocycles. The number of nitrogens with zero attached hydrogens (tertiary/aromatic N) is 1. The summed E-state index contributed by atoms with van der Waals surface area (Å²) in [5.41, 5.74) is -1.05. The van der Waals surface area contributed by atoms with Crippen LogP contribution in [0.15, 0.2) is 24.3 Å². The Morgan fingerprint density at radius 1 is 1.22 bits per heavy atom. The van der Waals surface area contributed by atoms with Crippen molar-refractivity contribution < 1.29 is 24.2 Å². The second-order valence-corrected chi connectivity index (χ2v) is 6.77. The number of ether oxygens (including phenoxy) is 2. The van der Waals surface area contributed by atoms with Crippen LogP contribution >= 0.6 is 0 Å². The second kappa shape index (κ2) is 6.10. The minimum Gasteiger partial charge on any atom is -0.497 e. The highest BCUT2D eigenvalue weighted by atomic mass is 16.6. The molecule has 0 aliphatic carbocycles. The maximum Gasteiger partial charge on any atom is 0.410 e. The van der Waals surface area contributed by atoms with Crippen molar-refractivity contribution in [1.29, 1.82) is 0 Å². The van der Waals surface area contributed by atoms with Crippen LogP contribution in [0.3, 0.4) is 0 Å². The van der Waals surface area contributed by atoms with Gasteiger partial charge in [0, 0.05) is 13.1 Å². The number of carboxylic acids is 1. The van der Waals surface area contributed by atoms with E-state index in [1.165, 1.54) is 4.90 Å². The molecule has 0 spiro atoms. The fourth-order valence-electron chi connectivity index (χ4n) is 2.74. The Hall–Kier alpha value is -2.24. The zero-order valence-corrected chi connectivity index (χ0v) is 14.0. The molecule has 126 valence electrons. The summed E-state index contributed by atoms with van der Waals surface area (Å²) in [7, 11) is 1.56. The molecule has 1 aliphatic heterocycles. The van der Waals surface area contributed by atoms with Gasteiger partial charge in [0.15, 0.2) is 0 Å². The third kappa shape index (κ3) is 3.57. The van der Waals surface area contributed by atoms with Gasteiger partial charge in [-0.2, -0.15) is 0 Å². The number of rotatable bonds is 3. The summed E-state index contributed by atoms with van der Waals surface area (Å²) in [6.07, 6.45) is -0.123. The van der Waals surface area contributed by atoms with Crippen LogP contribution in [0.2, 0.25) is 0 Å². The maximum absolute atomic E-state index is 12.2. The van der Waals surface area contributed by atoms with Crippen LogP contribution < -0.4 is 4.74 Å². The number of methoxy groups -OCH3 is 1. The molecule has 1 unspecified atom stereocenters. The molecule has 1 N–H and O–H groups in total. The fraction of sp³-hybridized carbons (Fsp3) is 0.529. The van der Waals surface area contributed by atoms with Crippen molar-refractivity contribution in [2.45, 2.75) is 38.2 Å². The number of hydrogen-bond acceptors (Lipinski definition) is 4. The molecule has 6 nitrogen and oxygen atoms in total. The Bertz CT molecular complexity index is 590. The Labute approximate surface area is 136 Å². The lowest BCUT2D eigenvalue weighted by Gasteiger charge is -2.27. The van der Waals surface area contributed by atoms with E-state index in [2.05, 4.69) is 0 Å². The number of likely N-dealkylation sites (tertiary alicyclic amines) is 1. The number of hydrogen-bond donors (Lipinski definition) is 1. The molecule has 1 amide bonds. The average molecular weight is 321 g/mol. The van der Waals surface area contributed by atoms with Crippen LogP contribution in [0.4, 0.5) is 4.79 Å². The van der Waals surface area contributed by atoms with E-state index in [0.717, 1.165) is 0 Å². The van der Waals surface area contributed by atoms with Crippen LogP contribution in [-0.2, 0) is 14.9 Å².